The summed E-state index contributed by atoms with van der Waals surface area (Å²) in [6.07, 6.45) is 1.34. The third-order valence-corrected chi connectivity index (χ3v) is 6.85. The molecule has 0 radical (unpaired) electrons. The van der Waals surface area contributed by atoms with Crippen LogP contribution in [0.1, 0.15) is 35.8 Å². The number of amides is 1. The molecule has 1 unspecified atom stereocenters. The van der Waals surface area contributed by atoms with Crippen molar-refractivity contribution in [3.8, 4) is 5.75 Å². The molecule has 0 spiro atoms. The molecule has 180 valence electrons. The van der Waals surface area contributed by atoms with Crippen LogP contribution in [0.15, 0.2) is 88.7 Å². The zero-order valence-electron chi connectivity index (χ0n) is 19.2. The van der Waals surface area contributed by atoms with Gasteiger partial charge < -0.3 is 15.0 Å². The summed E-state index contributed by atoms with van der Waals surface area (Å²) in [6.45, 7) is 4.18. The van der Waals surface area contributed by atoms with Crippen molar-refractivity contribution in [2.45, 2.75) is 24.8 Å². The van der Waals surface area contributed by atoms with Crippen molar-refractivity contribution in [2.75, 3.05) is 11.3 Å². The number of nitrogens with one attached hydrogen (secondary N) is 3. The van der Waals surface area contributed by atoms with Gasteiger partial charge in [0.15, 0.2) is 0 Å². The molecule has 4 aromatic rings. The van der Waals surface area contributed by atoms with Crippen molar-refractivity contribution in [2.24, 2.45) is 0 Å². The molecule has 3 aromatic carbocycles. The SMILES string of the molecule is CCOc1ccc(NS(=O)(=O)c2ccc3[nH]cc(C(=O)NC(C)c4ccccc4)c(=O)c3c2)cc1. The summed E-state index contributed by atoms with van der Waals surface area (Å²) in [5, 5.41) is 2.91. The number of aromatic amines is 1. The monoisotopic (exact) mass is 491 g/mol. The van der Waals surface area contributed by atoms with Gasteiger partial charge in [0, 0.05) is 22.8 Å². The standard InChI is InChI=1S/C26H25N3O5S/c1-3-34-20-11-9-19(10-12-20)29-35(32,33)21-13-14-24-22(15-21)25(30)23(16-27-24)26(31)28-17(2)18-7-5-4-6-8-18/h4-17,29H,3H2,1-2H3,(H,27,30)(H,28,31). The summed E-state index contributed by atoms with van der Waals surface area (Å²) in [6, 6.07) is 19.7. The van der Waals surface area contributed by atoms with Gasteiger partial charge in [-0.05, 0) is 61.9 Å². The van der Waals surface area contributed by atoms with E-state index in [1.165, 1.54) is 24.4 Å². The molecule has 4 rings (SSSR count). The lowest BCUT2D eigenvalue weighted by molar-refractivity contribution is 0.0938. The Balaban J connectivity index is 1.61. The highest BCUT2D eigenvalue weighted by Gasteiger charge is 2.19. The number of sulfonamides is 1. The van der Waals surface area contributed by atoms with Crippen molar-refractivity contribution < 1.29 is 17.9 Å². The molecule has 0 fully saturated rings. The van der Waals surface area contributed by atoms with Gasteiger partial charge in [0.05, 0.1) is 17.5 Å². The Bertz CT molecular complexity index is 1510. The molecule has 9 heteroatoms. The Morgan fingerprint density at radius 3 is 2.43 bits per heavy atom. The van der Waals surface area contributed by atoms with Gasteiger partial charge in [-0.2, -0.15) is 0 Å². The van der Waals surface area contributed by atoms with Crippen LogP contribution >= 0.6 is 0 Å². The van der Waals surface area contributed by atoms with Gasteiger partial charge in [-0.15, -0.1) is 0 Å². The van der Waals surface area contributed by atoms with Crippen LogP contribution in [0.3, 0.4) is 0 Å². The molecule has 1 amide bonds. The van der Waals surface area contributed by atoms with Crippen LogP contribution in [0.25, 0.3) is 10.9 Å². The summed E-state index contributed by atoms with van der Waals surface area (Å²) in [5.41, 5.74) is 1.00. The van der Waals surface area contributed by atoms with E-state index in [0.29, 0.717) is 23.6 Å². The van der Waals surface area contributed by atoms with Crippen molar-refractivity contribution >= 4 is 32.5 Å². The first-order chi connectivity index (χ1) is 16.8. The average molecular weight is 492 g/mol. The molecule has 0 aliphatic carbocycles. The van der Waals surface area contributed by atoms with Gasteiger partial charge in [0.25, 0.3) is 15.9 Å². The zero-order valence-corrected chi connectivity index (χ0v) is 20.1. The van der Waals surface area contributed by atoms with Gasteiger partial charge in [-0.3, -0.25) is 14.3 Å². The summed E-state index contributed by atoms with van der Waals surface area (Å²) >= 11 is 0. The number of ether oxygens (including phenoxy) is 1. The minimum atomic E-state index is -3.98. The average Bonchev–Trinajstić information content (AvgIpc) is 2.85. The molecule has 0 saturated carbocycles. The Labute approximate surface area is 203 Å². The normalized spacial score (nSPS) is 12.2. The number of rotatable bonds is 8. The van der Waals surface area contributed by atoms with E-state index < -0.39 is 21.4 Å². The molecule has 0 saturated heterocycles. The maximum absolute atomic E-state index is 13.1. The topological polar surface area (TPSA) is 117 Å². The minimum Gasteiger partial charge on any atom is -0.494 e. The second-order valence-electron chi connectivity index (χ2n) is 7.91. The summed E-state index contributed by atoms with van der Waals surface area (Å²) in [7, 11) is -3.98. The molecule has 1 heterocycles. The lowest BCUT2D eigenvalue weighted by Crippen LogP contribution is -2.31. The van der Waals surface area contributed by atoms with E-state index in [9.17, 15) is 18.0 Å². The second-order valence-corrected chi connectivity index (χ2v) is 9.59. The smallest absolute Gasteiger partial charge is 0.261 e. The number of anilines is 1. The molecule has 35 heavy (non-hydrogen) atoms. The largest absolute Gasteiger partial charge is 0.494 e. The highest BCUT2D eigenvalue weighted by atomic mass is 32.2. The number of pyridine rings is 1. The van der Waals surface area contributed by atoms with Crippen LogP contribution in [-0.2, 0) is 10.0 Å². The number of fused-ring (bicyclic) bond motifs is 1. The van der Waals surface area contributed by atoms with Crippen molar-refractivity contribution in [3.05, 3.63) is 100 Å². The van der Waals surface area contributed by atoms with Crippen LogP contribution in [0, 0.1) is 0 Å². The third-order valence-electron chi connectivity index (χ3n) is 5.47. The van der Waals surface area contributed by atoms with E-state index in [0.717, 1.165) is 5.56 Å². The number of hydrogen-bond acceptors (Lipinski definition) is 5. The lowest BCUT2D eigenvalue weighted by Gasteiger charge is -2.14. The molecular weight excluding hydrogens is 466 g/mol. The summed E-state index contributed by atoms with van der Waals surface area (Å²) < 4.78 is 33.8. The van der Waals surface area contributed by atoms with Gasteiger partial charge in [-0.1, -0.05) is 30.3 Å². The van der Waals surface area contributed by atoms with E-state index in [2.05, 4.69) is 15.0 Å². The van der Waals surface area contributed by atoms with E-state index in [1.807, 2.05) is 44.2 Å². The molecule has 0 aliphatic rings. The number of aromatic nitrogens is 1. The second kappa shape index (κ2) is 10.0. The number of H-pyrrole nitrogens is 1. The Morgan fingerprint density at radius 2 is 1.74 bits per heavy atom. The van der Waals surface area contributed by atoms with Gasteiger partial charge in [0.1, 0.15) is 11.3 Å². The Morgan fingerprint density at radius 1 is 1.03 bits per heavy atom. The first-order valence-corrected chi connectivity index (χ1v) is 12.5. The summed E-state index contributed by atoms with van der Waals surface area (Å²) in [5.74, 6) is 0.0744. The predicted octanol–water partition coefficient (Wildman–Crippen LogP) is 4.22. The fraction of sp³-hybridized carbons (Fsp3) is 0.154. The van der Waals surface area contributed by atoms with Gasteiger partial charge in [0.2, 0.25) is 5.43 Å². The Hall–Kier alpha value is -4.11. The number of benzene rings is 3. The first kappa shape index (κ1) is 24.0. The van der Waals surface area contributed by atoms with Crippen LogP contribution in [0.4, 0.5) is 5.69 Å². The van der Waals surface area contributed by atoms with Crippen LogP contribution in [0.5, 0.6) is 5.75 Å². The molecule has 1 atom stereocenters. The lowest BCUT2D eigenvalue weighted by atomic mass is 10.1. The molecular formula is C26H25N3O5S. The minimum absolute atomic E-state index is 0.0968. The van der Waals surface area contributed by atoms with Crippen molar-refractivity contribution in [1.82, 2.24) is 10.3 Å². The fourth-order valence-corrected chi connectivity index (χ4v) is 4.72. The van der Waals surface area contributed by atoms with E-state index in [1.54, 1.807) is 24.3 Å². The van der Waals surface area contributed by atoms with E-state index >= 15 is 0 Å². The van der Waals surface area contributed by atoms with E-state index in [4.69, 9.17) is 4.74 Å². The predicted molar refractivity (Wildman–Crippen MR) is 135 cm³/mol. The Kier molecular flexibility index (Phi) is 6.88. The van der Waals surface area contributed by atoms with Crippen LogP contribution in [-0.4, -0.2) is 25.9 Å². The fourth-order valence-electron chi connectivity index (χ4n) is 3.63. The van der Waals surface area contributed by atoms with E-state index in [-0.39, 0.29) is 21.9 Å². The molecule has 3 N–H and O–H groups in total. The molecule has 0 bridgehead atoms. The zero-order chi connectivity index (χ0) is 25.0. The maximum atomic E-state index is 13.1. The first-order valence-electron chi connectivity index (χ1n) is 11.1. The van der Waals surface area contributed by atoms with Gasteiger partial charge in [-0.25, -0.2) is 8.42 Å². The van der Waals surface area contributed by atoms with Crippen LogP contribution in [0.2, 0.25) is 0 Å². The van der Waals surface area contributed by atoms with Crippen LogP contribution < -0.4 is 20.2 Å². The maximum Gasteiger partial charge on any atom is 0.261 e. The number of carbonyl (C=O) groups excluding carboxylic acids is 1. The highest BCUT2D eigenvalue weighted by Crippen LogP contribution is 2.21. The van der Waals surface area contributed by atoms with Crippen molar-refractivity contribution in [1.29, 1.82) is 0 Å². The molecule has 0 aliphatic heterocycles. The quantitative estimate of drug-likeness (QED) is 0.341. The molecule has 8 nitrogen and oxygen atoms in total. The molecule has 1 aromatic heterocycles. The number of hydrogen-bond donors (Lipinski definition) is 3. The highest BCUT2D eigenvalue weighted by molar-refractivity contribution is 7.92. The van der Waals surface area contributed by atoms with Crippen molar-refractivity contribution in [3.63, 3.8) is 0 Å². The number of carbonyl (C=O) groups is 1. The van der Waals surface area contributed by atoms with Gasteiger partial charge >= 0.3 is 0 Å². The third kappa shape index (κ3) is 5.36. The summed E-state index contributed by atoms with van der Waals surface area (Å²) in [4.78, 5) is 28.7.